The van der Waals surface area contributed by atoms with Crippen molar-refractivity contribution in [1.82, 2.24) is 9.78 Å². The molecule has 0 N–H and O–H groups in total. The number of thiophene rings is 1. The molecule has 1 aromatic carbocycles. The predicted octanol–water partition coefficient (Wildman–Crippen LogP) is 4.93. The molecule has 0 bridgehead atoms. The molecule has 0 aliphatic rings. The molecular formula is C15H11F3N2S. The third-order valence-corrected chi connectivity index (χ3v) is 4.04. The maximum absolute atomic E-state index is 13.3. The topological polar surface area (TPSA) is 17.8 Å². The summed E-state index contributed by atoms with van der Waals surface area (Å²) in [5.74, 6) is 0. The summed E-state index contributed by atoms with van der Waals surface area (Å²) < 4.78 is 41.2. The zero-order chi connectivity index (χ0) is 15.0. The summed E-state index contributed by atoms with van der Waals surface area (Å²) in [5.41, 5.74) is 0.409. The van der Waals surface area contributed by atoms with Crippen LogP contribution in [0.15, 0.2) is 47.8 Å². The molecule has 108 valence electrons. The fourth-order valence-electron chi connectivity index (χ4n) is 2.24. The Kier molecular flexibility index (Phi) is 3.33. The van der Waals surface area contributed by atoms with E-state index in [1.54, 1.807) is 48.7 Å². The lowest BCUT2D eigenvalue weighted by atomic mass is 10.1. The van der Waals surface area contributed by atoms with Crippen molar-refractivity contribution in [3.05, 3.63) is 59.2 Å². The van der Waals surface area contributed by atoms with Crippen LogP contribution < -0.4 is 0 Å². The molecule has 0 amide bonds. The van der Waals surface area contributed by atoms with Gasteiger partial charge in [0, 0.05) is 10.4 Å². The largest absolute Gasteiger partial charge is 0.435 e. The molecule has 21 heavy (non-hydrogen) atoms. The molecule has 0 atom stereocenters. The maximum Gasteiger partial charge on any atom is 0.435 e. The van der Waals surface area contributed by atoms with E-state index >= 15 is 0 Å². The van der Waals surface area contributed by atoms with E-state index in [-0.39, 0.29) is 5.56 Å². The van der Waals surface area contributed by atoms with Crippen molar-refractivity contribution in [2.45, 2.75) is 13.1 Å². The molecule has 3 rings (SSSR count). The van der Waals surface area contributed by atoms with Crippen molar-refractivity contribution in [2.24, 2.45) is 0 Å². The van der Waals surface area contributed by atoms with Gasteiger partial charge in [0.05, 0.1) is 11.4 Å². The average molecular weight is 308 g/mol. The van der Waals surface area contributed by atoms with Gasteiger partial charge in [0.2, 0.25) is 0 Å². The first kappa shape index (κ1) is 13.9. The van der Waals surface area contributed by atoms with Crippen LogP contribution in [0.4, 0.5) is 13.2 Å². The maximum atomic E-state index is 13.3. The standard InChI is InChI=1S/C15H11F3N2S/c1-10-13(12-8-5-9-21-12)14(15(16,17)18)19-20(10)11-6-3-2-4-7-11/h2-9H,1H3. The molecule has 0 saturated heterocycles. The van der Waals surface area contributed by atoms with E-state index in [1.807, 2.05) is 6.07 Å². The van der Waals surface area contributed by atoms with Crippen LogP contribution in [0.3, 0.4) is 0 Å². The summed E-state index contributed by atoms with van der Waals surface area (Å²) in [6.45, 7) is 1.66. The van der Waals surface area contributed by atoms with E-state index in [0.29, 0.717) is 16.3 Å². The molecule has 0 fully saturated rings. The molecule has 2 nitrogen and oxygen atoms in total. The van der Waals surface area contributed by atoms with Crippen molar-refractivity contribution in [3.8, 4) is 16.1 Å². The van der Waals surface area contributed by atoms with Gasteiger partial charge in [0.25, 0.3) is 0 Å². The Morgan fingerprint density at radius 3 is 2.33 bits per heavy atom. The Morgan fingerprint density at radius 2 is 1.76 bits per heavy atom. The summed E-state index contributed by atoms with van der Waals surface area (Å²) in [5, 5.41) is 5.56. The Hall–Kier alpha value is -2.08. The molecule has 0 aliphatic heterocycles. The summed E-state index contributed by atoms with van der Waals surface area (Å²) >= 11 is 1.28. The molecule has 0 unspecified atom stereocenters. The quantitative estimate of drug-likeness (QED) is 0.656. The van der Waals surface area contributed by atoms with Crippen LogP contribution in [0.5, 0.6) is 0 Å². The number of alkyl halides is 3. The van der Waals surface area contributed by atoms with E-state index < -0.39 is 11.9 Å². The first-order chi connectivity index (χ1) is 9.98. The van der Waals surface area contributed by atoms with Gasteiger partial charge < -0.3 is 0 Å². The minimum atomic E-state index is -4.48. The normalized spacial score (nSPS) is 11.8. The van der Waals surface area contributed by atoms with E-state index in [2.05, 4.69) is 5.10 Å². The molecule has 0 aliphatic carbocycles. The Balaban J connectivity index is 2.26. The van der Waals surface area contributed by atoms with Crippen LogP contribution in [0.1, 0.15) is 11.4 Å². The van der Waals surface area contributed by atoms with Crippen molar-refractivity contribution >= 4 is 11.3 Å². The lowest BCUT2D eigenvalue weighted by Crippen LogP contribution is -2.08. The summed E-state index contributed by atoms with van der Waals surface area (Å²) in [6, 6.07) is 12.2. The summed E-state index contributed by atoms with van der Waals surface area (Å²) in [6.07, 6.45) is -4.48. The second-order valence-electron chi connectivity index (χ2n) is 4.53. The molecule has 0 saturated carbocycles. The van der Waals surface area contributed by atoms with Crippen LogP contribution in [0.25, 0.3) is 16.1 Å². The van der Waals surface area contributed by atoms with Gasteiger partial charge >= 0.3 is 6.18 Å². The van der Waals surface area contributed by atoms with Gasteiger partial charge in [0.1, 0.15) is 0 Å². The number of para-hydroxylation sites is 1. The lowest BCUT2D eigenvalue weighted by Gasteiger charge is -2.05. The fraction of sp³-hybridized carbons (Fsp3) is 0.133. The van der Waals surface area contributed by atoms with Gasteiger partial charge in [-0.05, 0) is 30.5 Å². The predicted molar refractivity (Wildman–Crippen MR) is 76.6 cm³/mol. The van der Waals surface area contributed by atoms with E-state index in [9.17, 15) is 13.2 Å². The Morgan fingerprint density at radius 1 is 1.05 bits per heavy atom. The van der Waals surface area contributed by atoms with E-state index in [0.717, 1.165) is 0 Å². The van der Waals surface area contributed by atoms with Gasteiger partial charge in [-0.1, -0.05) is 24.3 Å². The van der Waals surface area contributed by atoms with Gasteiger partial charge in [-0.25, -0.2) is 4.68 Å². The minimum Gasteiger partial charge on any atom is -0.237 e. The number of nitrogens with zero attached hydrogens (tertiary/aromatic N) is 2. The molecule has 0 radical (unpaired) electrons. The molecule has 2 aromatic heterocycles. The molecule has 2 heterocycles. The Labute approximate surface area is 123 Å². The number of halogens is 3. The molecule has 3 aromatic rings. The second-order valence-corrected chi connectivity index (χ2v) is 5.48. The highest BCUT2D eigenvalue weighted by Gasteiger charge is 2.39. The molecule has 0 spiro atoms. The summed E-state index contributed by atoms with van der Waals surface area (Å²) in [7, 11) is 0. The van der Waals surface area contributed by atoms with Gasteiger partial charge in [-0.15, -0.1) is 11.3 Å². The van der Waals surface area contributed by atoms with Crippen LogP contribution in [-0.2, 0) is 6.18 Å². The van der Waals surface area contributed by atoms with Gasteiger partial charge in [-0.2, -0.15) is 18.3 Å². The first-order valence-electron chi connectivity index (χ1n) is 6.24. The SMILES string of the molecule is Cc1c(-c2cccs2)c(C(F)(F)F)nn1-c1ccccc1. The fourth-order valence-corrected chi connectivity index (χ4v) is 3.06. The van der Waals surface area contributed by atoms with Crippen LogP contribution >= 0.6 is 11.3 Å². The van der Waals surface area contributed by atoms with E-state index in [4.69, 9.17) is 0 Å². The zero-order valence-electron chi connectivity index (χ0n) is 11.1. The van der Waals surface area contributed by atoms with Gasteiger partial charge in [0.15, 0.2) is 5.69 Å². The third-order valence-electron chi connectivity index (χ3n) is 3.15. The van der Waals surface area contributed by atoms with Crippen LogP contribution in [0, 0.1) is 6.92 Å². The van der Waals surface area contributed by atoms with Crippen molar-refractivity contribution in [3.63, 3.8) is 0 Å². The highest BCUT2D eigenvalue weighted by Crippen LogP contribution is 2.40. The smallest absolute Gasteiger partial charge is 0.237 e. The van der Waals surface area contributed by atoms with E-state index in [1.165, 1.54) is 16.0 Å². The van der Waals surface area contributed by atoms with Crippen LogP contribution in [-0.4, -0.2) is 9.78 Å². The number of hydrogen-bond acceptors (Lipinski definition) is 2. The minimum absolute atomic E-state index is 0.154. The highest BCUT2D eigenvalue weighted by atomic mass is 32.1. The van der Waals surface area contributed by atoms with Crippen molar-refractivity contribution in [1.29, 1.82) is 0 Å². The molecule has 6 heteroatoms. The van der Waals surface area contributed by atoms with Gasteiger partial charge in [-0.3, -0.25) is 0 Å². The zero-order valence-corrected chi connectivity index (χ0v) is 11.9. The lowest BCUT2D eigenvalue weighted by molar-refractivity contribution is -0.140. The van der Waals surface area contributed by atoms with Crippen molar-refractivity contribution in [2.75, 3.05) is 0 Å². The average Bonchev–Trinajstić information content (AvgIpc) is 3.06. The first-order valence-corrected chi connectivity index (χ1v) is 7.12. The number of rotatable bonds is 2. The highest BCUT2D eigenvalue weighted by molar-refractivity contribution is 7.13. The Bertz CT molecular complexity index is 743. The number of aromatic nitrogens is 2. The van der Waals surface area contributed by atoms with Crippen molar-refractivity contribution < 1.29 is 13.2 Å². The number of benzene rings is 1. The number of hydrogen-bond donors (Lipinski definition) is 0. The monoisotopic (exact) mass is 308 g/mol. The second kappa shape index (κ2) is 5.04. The molecular weight excluding hydrogens is 297 g/mol. The third kappa shape index (κ3) is 2.47. The van der Waals surface area contributed by atoms with Crippen LogP contribution in [0.2, 0.25) is 0 Å². The summed E-state index contributed by atoms with van der Waals surface area (Å²) in [4.78, 5) is 0.571.